The van der Waals surface area contributed by atoms with Gasteiger partial charge in [0.25, 0.3) is 5.91 Å². The maximum atomic E-state index is 14.2. The number of Topliss-reactive ketones (excluding diaryl/α,β-unsaturated/α-hetero) is 1. The third kappa shape index (κ3) is 10.3. The molecule has 1 saturated heterocycles. The summed E-state index contributed by atoms with van der Waals surface area (Å²) in [6.45, 7) is 18.0. The van der Waals surface area contributed by atoms with Gasteiger partial charge in [-0.05, 0) is 61.3 Å². The lowest BCUT2D eigenvalue weighted by atomic mass is 9.85. The normalized spacial score (nSPS) is 20.8. The Morgan fingerprint density at radius 1 is 0.923 bits per heavy atom. The third-order valence-corrected chi connectivity index (χ3v) is 9.63. The zero-order valence-electron chi connectivity index (χ0n) is 32.7. The minimum Gasteiger partial charge on any atom is -0.444 e. The molecule has 52 heavy (non-hydrogen) atoms. The van der Waals surface area contributed by atoms with Gasteiger partial charge < -0.3 is 35.8 Å². The van der Waals surface area contributed by atoms with Crippen molar-refractivity contribution < 1.29 is 38.3 Å². The van der Waals surface area contributed by atoms with Gasteiger partial charge in [-0.25, -0.2) is 4.79 Å². The zero-order chi connectivity index (χ0) is 39.5. The van der Waals surface area contributed by atoms with Crippen LogP contribution in [0, 0.1) is 28.6 Å². The molecule has 3 rings (SSSR count). The van der Waals surface area contributed by atoms with E-state index in [1.165, 1.54) is 9.80 Å². The van der Waals surface area contributed by atoms with Crippen LogP contribution in [0.4, 0.5) is 4.79 Å². The summed E-state index contributed by atoms with van der Waals surface area (Å²) in [5, 5.41) is 10.4. The van der Waals surface area contributed by atoms with E-state index in [4.69, 9.17) is 4.74 Å². The summed E-state index contributed by atoms with van der Waals surface area (Å²) in [5.41, 5.74) is -1.23. The molecule has 14 heteroatoms. The summed E-state index contributed by atoms with van der Waals surface area (Å²) in [4.78, 5) is 96.3. The molecule has 0 radical (unpaired) electrons. The SMILES string of the molecule is CC(C)C[C@H](NC(=O)[C@@H]1[C@@H]2[C@H](CN1C(=O)[C@@H](NC(=O)OC(C)(C)C)C(C)(C)C)C2(C)C)[13C](=O)C(=O)NCC(=O)N[C@H](C(=O)N(C)C)c1ccccc1. The van der Waals surface area contributed by atoms with Crippen molar-refractivity contribution in [2.24, 2.45) is 28.6 Å². The molecule has 0 aromatic heterocycles. The average molecular weight is 728 g/mol. The fraction of sp³-hybridized carbons (Fsp3) is 0.658. The average Bonchev–Trinajstić information content (AvgIpc) is 3.33. The van der Waals surface area contributed by atoms with Gasteiger partial charge in [0.15, 0.2) is 0 Å². The first-order valence-corrected chi connectivity index (χ1v) is 17.8. The quantitative estimate of drug-likeness (QED) is 0.177. The van der Waals surface area contributed by atoms with Gasteiger partial charge >= 0.3 is 6.09 Å². The molecule has 0 spiro atoms. The predicted octanol–water partition coefficient (Wildman–Crippen LogP) is 2.57. The smallest absolute Gasteiger partial charge is 0.408 e. The topological polar surface area (TPSA) is 183 Å². The Morgan fingerprint density at radius 3 is 2.04 bits per heavy atom. The molecule has 6 amide bonds. The first kappa shape index (κ1) is 41.9. The lowest BCUT2D eigenvalue weighted by Crippen LogP contribution is -2.61. The van der Waals surface area contributed by atoms with Crippen molar-refractivity contribution in [1.29, 1.82) is 0 Å². The van der Waals surface area contributed by atoms with E-state index in [2.05, 4.69) is 21.3 Å². The van der Waals surface area contributed by atoms with Gasteiger partial charge in [-0.3, -0.25) is 28.8 Å². The van der Waals surface area contributed by atoms with E-state index in [0.717, 1.165) is 0 Å². The Hall–Kier alpha value is -4.49. The van der Waals surface area contributed by atoms with Crippen LogP contribution in [0.25, 0.3) is 0 Å². The number of rotatable bonds is 13. The second-order valence-electron chi connectivity index (χ2n) is 17.2. The number of carbonyl (C=O) groups is 7. The highest BCUT2D eigenvalue weighted by atomic mass is 16.6. The van der Waals surface area contributed by atoms with E-state index in [-0.39, 0.29) is 42.0 Å². The molecule has 2 fully saturated rings. The highest BCUT2D eigenvalue weighted by Gasteiger charge is 2.70. The molecule has 1 aliphatic carbocycles. The minimum atomic E-state index is -1.24. The molecule has 4 N–H and O–H groups in total. The molecule has 14 nitrogen and oxygen atoms in total. The number of nitrogens with zero attached hydrogens (tertiary/aromatic N) is 2. The minimum absolute atomic E-state index is 0.0227. The van der Waals surface area contributed by atoms with E-state index < -0.39 is 77.2 Å². The molecular formula is C38H58N6O8. The molecule has 0 bridgehead atoms. The number of ketones is 1. The largest absolute Gasteiger partial charge is 0.444 e. The van der Waals surface area contributed by atoms with Crippen molar-refractivity contribution in [2.45, 2.75) is 105 Å². The number of alkyl carbamates (subject to hydrolysis) is 1. The first-order chi connectivity index (χ1) is 23.9. The number of hydrogen-bond donors (Lipinski definition) is 4. The monoisotopic (exact) mass is 727 g/mol. The number of piperidine rings is 1. The highest BCUT2D eigenvalue weighted by Crippen LogP contribution is 2.65. The zero-order valence-corrected chi connectivity index (χ0v) is 32.7. The van der Waals surface area contributed by atoms with Crippen LogP contribution in [0.15, 0.2) is 30.3 Å². The van der Waals surface area contributed by atoms with Crippen LogP contribution in [-0.2, 0) is 33.5 Å². The summed E-state index contributed by atoms with van der Waals surface area (Å²) in [6, 6.07) is 4.42. The fourth-order valence-electron chi connectivity index (χ4n) is 6.82. The van der Waals surface area contributed by atoms with Crippen molar-refractivity contribution >= 4 is 41.4 Å². The fourth-order valence-corrected chi connectivity index (χ4v) is 6.82. The molecule has 1 aliphatic heterocycles. The van der Waals surface area contributed by atoms with Crippen LogP contribution in [0.2, 0.25) is 0 Å². The van der Waals surface area contributed by atoms with Gasteiger partial charge in [0.1, 0.15) is 23.7 Å². The Morgan fingerprint density at radius 2 is 1.52 bits per heavy atom. The summed E-state index contributed by atoms with van der Waals surface area (Å²) < 4.78 is 5.43. The standard InChI is InChI=1S/C38H58N6O8/c1-21(2)18-24(29(46)32(48)39-19-25(45)41-27(33(49)43(11)12)22-16-14-13-15-17-22)40-31(47)28-26-23(38(26,9)10)20-44(28)34(50)30(36(3,4)5)42-35(51)52-37(6,7)8/h13-17,21,23-24,26-28,30H,18-20H2,1-12H3,(H,39,48)(H,40,47)(H,41,45)(H,42,51)/t23-,24-,26-,27-,28-,30+/m0/s1/i29+1. The number of likely N-dealkylation sites (tertiary alicyclic amines) is 1. The Bertz CT molecular complexity index is 1530. The molecule has 1 aromatic rings. The summed E-state index contributed by atoms with van der Waals surface area (Å²) in [7, 11) is 3.12. The number of fused-ring (bicyclic) bond motifs is 1. The summed E-state index contributed by atoms with van der Waals surface area (Å²) >= 11 is 0. The van der Waals surface area contributed by atoms with Crippen LogP contribution in [0.5, 0.6) is 0 Å². The van der Waals surface area contributed by atoms with Crippen LogP contribution < -0.4 is 21.3 Å². The highest BCUT2D eigenvalue weighted by molar-refractivity contribution is 6.38. The van der Waals surface area contributed by atoms with E-state index in [0.29, 0.717) is 5.56 Å². The van der Waals surface area contributed by atoms with E-state index in [1.54, 1.807) is 86.0 Å². The second-order valence-corrected chi connectivity index (χ2v) is 17.2. The van der Waals surface area contributed by atoms with Gasteiger partial charge in [-0.2, -0.15) is 0 Å². The second kappa shape index (κ2) is 16.0. The summed E-state index contributed by atoms with van der Waals surface area (Å²) in [5.74, 6) is -4.39. The number of ether oxygens (including phenoxy) is 1. The van der Waals surface area contributed by atoms with Crippen molar-refractivity contribution in [3.05, 3.63) is 35.9 Å². The van der Waals surface area contributed by atoms with Gasteiger partial charge in [-0.15, -0.1) is 0 Å². The lowest BCUT2D eigenvalue weighted by molar-refractivity contribution is -0.145. The molecule has 1 saturated carbocycles. The molecule has 1 heterocycles. The number of hydrogen-bond acceptors (Lipinski definition) is 8. The van der Waals surface area contributed by atoms with E-state index in [9.17, 15) is 33.6 Å². The van der Waals surface area contributed by atoms with E-state index >= 15 is 0 Å². The van der Waals surface area contributed by atoms with Crippen LogP contribution in [0.3, 0.4) is 0 Å². The molecule has 1 aromatic carbocycles. The van der Waals surface area contributed by atoms with Crippen LogP contribution in [0.1, 0.15) is 87.3 Å². The Balaban J connectivity index is 1.76. The number of likely N-dealkylation sites (N-methyl/N-ethyl adjacent to an activating group) is 1. The number of amides is 6. The summed E-state index contributed by atoms with van der Waals surface area (Å²) in [6.07, 6.45) is -0.630. The molecule has 6 atom stereocenters. The van der Waals surface area contributed by atoms with Gasteiger partial charge in [-0.1, -0.05) is 78.8 Å². The van der Waals surface area contributed by atoms with Crippen LogP contribution >= 0.6 is 0 Å². The van der Waals surface area contributed by atoms with Gasteiger partial charge in [0.2, 0.25) is 29.4 Å². The van der Waals surface area contributed by atoms with Crippen molar-refractivity contribution in [1.82, 2.24) is 31.1 Å². The molecule has 2 aliphatic rings. The van der Waals surface area contributed by atoms with Crippen molar-refractivity contribution in [2.75, 3.05) is 27.2 Å². The number of nitrogens with one attached hydrogen (secondary N) is 4. The first-order valence-electron chi connectivity index (χ1n) is 17.8. The number of carbonyl (C=O) groups excluding carboxylic acids is 7. The van der Waals surface area contributed by atoms with Crippen LogP contribution in [-0.4, -0.2) is 102 Å². The number of benzene rings is 1. The van der Waals surface area contributed by atoms with Gasteiger partial charge in [0, 0.05) is 20.6 Å². The maximum Gasteiger partial charge on any atom is 0.408 e. The Kier molecular flexibility index (Phi) is 12.9. The van der Waals surface area contributed by atoms with Gasteiger partial charge in [0.05, 0.1) is 12.6 Å². The lowest BCUT2D eigenvalue weighted by Gasteiger charge is -2.38. The van der Waals surface area contributed by atoms with Crippen molar-refractivity contribution in [3.8, 4) is 0 Å². The predicted molar refractivity (Wildman–Crippen MR) is 194 cm³/mol. The van der Waals surface area contributed by atoms with Crippen molar-refractivity contribution in [3.63, 3.8) is 0 Å². The Labute approximate surface area is 307 Å². The molecule has 0 unspecified atom stereocenters. The molecule has 288 valence electrons. The third-order valence-electron chi connectivity index (χ3n) is 9.63. The maximum absolute atomic E-state index is 14.2. The molecular weight excluding hydrogens is 669 g/mol. The van der Waals surface area contributed by atoms with E-state index in [1.807, 2.05) is 27.7 Å².